The van der Waals surface area contributed by atoms with E-state index in [0.29, 0.717) is 36.9 Å². The Bertz CT molecular complexity index is 1140. The van der Waals surface area contributed by atoms with E-state index in [4.69, 9.17) is 13.9 Å². The standard InChI is InChI=1S/C24H24N2O5S/c1-15-8-11-31-22(15)23(27)25-17-6-9-26(10-7-17)24(28)21-5-4-20(32-21)16-2-3-18-19(14-16)30-13-12-29-18/h2-5,8,11,14,17H,6-7,9-10,12-13H2,1H3,(H,25,27). The first-order chi connectivity index (χ1) is 15.6. The van der Waals surface area contributed by atoms with E-state index in [-0.39, 0.29) is 17.9 Å². The third kappa shape index (κ3) is 4.10. The fraction of sp³-hybridized carbons (Fsp3) is 0.333. The predicted molar refractivity (Wildman–Crippen MR) is 121 cm³/mol. The summed E-state index contributed by atoms with van der Waals surface area (Å²) in [5.41, 5.74) is 1.83. The molecule has 166 valence electrons. The highest BCUT2D eigenvalue weighted by molar-refractivity contribution is 7.17. The van der Waals surface area contributed by atoms with Crippen LogP contribution in [0.25, 0.3) is 10.4 Å². The molecule has 1 aromatic carbocycles. The zero-order chi connectivity index (χ0) is 22.1. The van der Waals surface area contributed by atoms with Crippen LogP contribution >= 0.6 is 11.3 Å². The van der Waals surface area contributed by atoms with Crippen LogP contribution in [0.15, 0.2) is 47.1 Å². The Labute approximate surface area is 189 Å². The summed E-state index contributed by atoms with van der Waals surface area (Å²) in [6.45, 7) is 4.17. The molecule has 0 radical (unpaired) electrons. The van der Waals surface area contributed by atoms with Gasteiger partial charge in [-0.15, -0.1) is 11.3 Å². The SMILES string of the molecule is Cc1ccoc1C(=O)NC1CCN(C(=O)c2ccc(-c3ccc4c(c3)OCCO4)s2)CC1. The number of amides is 2. The van der Waals surface area contributed by atoms with Crippen LogP contribution in [0.5, 0.6) is 11.5 Å². The number of nitrogens with one attached hydrogen (secondary N) is 1. The topological polar surface area (TPSA) is 81.0 Å². The first-order valence-corrected chi connectivity index (χ1v) is 11.5. The van der Waals surface area contributed by atoms with Crippen LogP contribution in [0, 0.1) is 6.92 Å². The van der Waals surface area contributed by atoms with Gasteiger partial charge >= 0.3 is 0 Å². The summed E-state index contributed by atoms with van der Waals surface area (Å²) in [6, 6.07) is 11.5. The number of aryl methyl sites for hydroxylation is 1. The minimum Gasteiger partial charge on any atom is -0.486 e. The van der Waals surface area contributed by atoms with Gasteiger partial charge in [-0.05, 0) is 61.7 Å². The van der Waals surface area contributed by atoms with E-state index in [1.807, 2.05) is 42.2 Å². The second kappa shape index (κ2) is 8.70. The van der Waals surface area contributed by atoms with E-state index in [1.165, 1.54) is 17.6 Å². The Hall–Kier alpha value is -3.26. The minimum atomic E-state index is -0.195. The molecule has 1 saturated heterocycles. The molecule has 0 atom stereocenters. The molecule has 8 heteroatoms. The quantitative estimate of drug-likeness (QED) is 0.644. The molecule has 2 aliphatic rings. The number of rotatable bonds is 4. The molecule has 0 bridgehead atoms. The third-order valence-corrected chi connectivity index (χ3v) is 6.95. The van der Waals surface area contributed by atoms with Crippen molar-refractivity contribution in [1.29, 1.82) is 0 Å². The fourth-order valence-electron chi connectivity index (χ4n) is 4.04. The number of carbonyl (C=O) groups excluding carboxylic acids is 2. The first kappa shape index (κ1) is 20.6. The largest absolute Gasteiger partial charge is 0.486 e. The highest BCUT2D eigenvalue weighted by Gasteiger charge is 2.27. The van der Waals surface area contributed by atoms with Crippen LogP contribution in [0.4, 0.5) is 0 Å². The van der Waals surface area contributed by atoms with Crippen molar-refractivity contribution in [3.8, 4) is 21.9 Å². The average Bonchev–Trinajstić information content (AvgIpc) is 3.48. The molecule has 2 aromatic heterocycles. The number of thiophene rings is 1. The lowest BCUT2D eigenvalue weighted by Gasteiger charge is -2.32. The Morgan fingerprint density at radius 3 is 2.56 bits per heavy atom. The number of benzene rings is 1. The van der Waals surface area contributed by atoms with Gasteiger partial charge in [-0.25, -0.2) is 0 Å². The molecule has 0 spiro atoms. The van der Waals surface area contributed by atoms with Gasteiger partial charge in [0.05, 0.1) is 11.1 Å². The molecule has 4 heterocycles. The maximum Gasteiger partial charge on any atom is 0.287 e. The summed E-state index contributed by atoms with van der Waals surface area (Å²) >= 11 is 1.48. The van der Waals surface area contributed by atoms with Crippen LogP contribution in [0.3, 0.4) is 0 Å². The number of likely N-dealkylation sites (tertiary alicyclic amines) is 1. The highest BCUT2D eigenvalue weighted by Crippen LogP contribution is 2.37. The Morgan fingerprint density at radius 2 is 1.81 bits per heavy atom. The normalized spacial score (nSPS) is 16.1. The fourth-order valence-corrected chi connectivity index (χ4v) is 5.01. The molecular weight excluding hydrogens is 428 g/mol. The van der Waals surface area contributed by atoms with Crippen LogP contribution in [-0.4, -0.2) is 49.1 Å². The van der Waals surface area contributed by atoms with E-state index < -0.39 is 0 Å². The third-order valence-electron chi connectivity index (χ3n) is 5.83. The lowest BCUT2D eigenvalue weighted by molar-refractivity contribution is 0.0700. The molecule has 2 aliphatic heterocycles. The van der Waals surface area contributed by atoms with Crippen molar-refractivity contribution in [3.63, 3.8) is 0 Å². The molecular formula is C24H24N2O5S. The summed E-state index contributed by atoms with van der Waals surface area (Å²) in [7, 11) is 0. The summed E-state index contributed by atoms with van der Waals surface area (Å²) in [5.74, 6) is 1.69. The zero-order valence-corrected chi connectivity index (χ0v) is 18.6. The number of fused-ring (bicyclic) bond motifs is 1. The molecule has 2 amide bonds. The Morgan fingerprint density at radius 1 is 1.03 bits per heavy atom. The van der Waals surface area contributed by atoms with E-state index in [0.717, 1.165) is 40.3 Å². The second-order valence-electron chi connectivity index (χ2n) is 8.00. The maximum absolute atomic E-state index is 13.0. The number of nitrogens with zero attached hydrogens (tertiary/aromatic N) is 1. The van der Waals surface area contributed by atoms with E-state index in [1.54, 1.807) is 6.07 Å². The number of piperidine rings is 1. The molecule has 3 aromatic rings. The van der Waals surface area contributed by atoms with E-state index in [2.05, 4.69) is 5.32 Å². The Kier molecular flexibility index (Phi) is 5.61. The second-order valence-corrected chi connectivity index (χ2v) is 9.08. The number of hydrogen-bond acceptors (Lipinski definition) is 6. The smallest absolute Gasteiger partial charge is 0.287 e. The van der Waals surface area contributed by atoms with Crippen molar-refractivity contribution in [2.45, 2.75) is 25.8 Å². The molecule has 1 fully saturated rings. The van der Waals surface area contributed by atoms with Gasteiger partial charge in [-0.1, -0.05) is 0 Å². The molecule has 0 unspecified atom stereocenters. The Balaban J connectivity index is 1.19. The van der Waals surface area contributed by atoms with E-state index in [9.17, 15) is 9.59 Å². The van der Waals surface area contributed by atoms with Crippen molar-refractivity contribution in [1.82, 2.24) is 10.2 Å². The minimum absolute atomic E-state index is 0.0328. The molecule has 1 N–H and O–H groups in total. The van der Waals surface area contributed by atoms with Crippen LogP contribution in [0.1, 0.15) is 38.6 Å². The van der Waals surface area contributed by atoms with Crippen molar-refractivity contribution < 1.29 is 23.5 Å². The average molecular weight is 453 g/mol. The van der Waals surface area contributed by atoms with Crippen molar-refractivity contribution in [2.75, 3.05) is 26.3 Å². The number of hydrogen-bond donors (Lipinski definition) is 1. The van der Waals surface area contributed by atoms with Crippen molar-refractivity contribution in [2.24, 2.45) is 0 Å². The van der Waals surface area contributed by atoms with Gasteiger partial charge < -0.3 is 24.1 Å². The van der Waals surface area contributed by atoms with Gasteiger partial charge in [0.1, 0.15) is 13.2 Å². The lowest BCUT2D eigenvalue weighted by atomic mass is 10.0. The van der Waals surface area contributed by atoms with Gasteiger partial charge in [0.2, 0.25) is 0 Å². The van der Waals surface area contributed by atoms with Crippen LogP contribution in [0.2, 0.25) is 0 Å². The monoisotopic (exact) mass is 452 g/mol. The van der Waals surface area contributed by atoms with Gasteiger partial charge in [0.25, 0.3) is 11.8 Å². The van der Waals surface area contributed by atoms with Gasteiger partial charge in [0, 0.05) is 29.6 Å². The van der Waals surface area contributed by atoms with Gasteiger partial charge in [-0.2, -0.15) is 0 Å². The molecule has 0 saturated carbocycles. The summed E-state index contributed by atoms with van der Waals surface area (Å²) in [6.07, 6.45) is 2.96. The van der Waals surface area contributed by atoms with Crippen LogP contribution in [-0.2, 0) is 0 Å². The van der Waals surface area contributed by atoms with Gasteiger partial charge in [-0.3, -0.25) is 9.59 Å². The molecule has 5 rings (SSSR count). The molecule has 7 nitrogen and oxygen atoms in total. The number of ether oxygens (including phenoxy) is 2. The summed E-state index contributed by atoms with van der Waals surface area (Å²) in [5, 5.41) is 3.02. The van der Waals surface area contributed by atoms with Crippen LogP contribution < -0.4 is 14.8 Å². The van der Waals surface area contributed by atoms with Crippen molar-refractivity contribution in [3.05, 3.63) is 58.9 Å². The molecule has 32 heavy (non-hydrogen) atoms. The summed E-state index contributed by atoms with van der Waals surface area (Å²) < 4.78 is 16.5. The predicted octanol–water partition coefficient (Wildman–Crippen LogP) is 4.12. The lowest BCUT2D eigenvalue weighted by Crippen LogP contribution is -2.46. The maximum atomic E-state index is 13.0. The number of carbonyl (C=O) groups is 2. The zero-order valence-electron chi connectivity index (χ0n) is 17.8. The first-order valence-electron chi connectivity index (χ1n) is 10.7. The molecule has 0 aliphatic carbocycles. The van der Waals surface area contributed by atoms with Gasteiger partial charge in [0.15, 0.2) is 17.3 Å². The van der Waals surface area contributed by atoms with E-state index >= 15 is 0 Å². The van der Waals surface area contributed by atoms with Crippen molar-refractivity contribution >= 4 is 23.2 Å². The number of furan rings is 1. The highest BCUT2D eigenvalue weighted by atomic mass is 32.1. The summed E-state index contributed by atoms with van der Waals surface area (Å²) in [4.78, 5) is 29.0.